The molecule has 0 aromatic rings. The van der Waals surface area contributed by atoms with E-state index in [0.29, 0.717) is 12.1 Å². The third kappa shape index (κ3) is 9.52. The third-order valence-corrected chi connectivity index (χ3v) is 4.90. The molecule has 2 nitrogen and oxygen atoms in total. The van der Waals surface area contributed by atoms with Gasteiger partial charge in [-0.2, -0.15) is 0 Å². The topological polar surface area (TPSA) is 21.3 Å². The summed E-state index contributed by atoms with van der Waals surface area (Å²) in [6.07, 6.45) is 19.7. The third-order valence-electron chi connectivity index (χ3n) is 4.90. The summed E-state index contributed by atoms with van der Waals surface area (Å²) in [7, 11) is 2.08. The molecule has 21 heavy (non-hydrogen) atoms. The molecule has 0 amide bonds. The molecule has 0 aliphatic heterocycles. The fraction of sp³-hybridized carbons (Fsp3) is 1.00. The van der Waals surface area contributed by atoms with Crippen LogP contribution in [0.3, 0.4) is 0 Å². The maximum atomic E-state index is 6.10. The van der Waals surface area contributed by atoms with Gasteiger partial charge >= 0.3 is 0 Å². The van der Waals surface area contributed by atoms with Gasteiger partial charge in [-0.05, 0) is 26.3 Å². The van der Waals surface area contributed by atoms with Gasteiger partial charge in [0.05, 0.1) is 6.10 Å². The molecule has 0 radical (unpaired) electrons. The average molecular weight is 298 g/mol. The van der Waals surface area contributed by atoms with Gasteiger partial charge in [-0.15, -0.1) is 0 Å². The van der Waals surface area contributed by atoms with Crippen molar-refractivity contribution in [3.8, 4) is 0 Å². The van der Waals surface area contributed by atoms with E-state index in [1.165, 1.54) is 89.9 Å². The maximum Gasteiger partial charge on any atom is 0.0727 e. The van der Waals surface area contributed by atoms with Crippen molar-refractivity contribution in [3.63, 3.8) is 0 Å². The van der Waals surface area contributed by atoms with Crippen molar-refractivity contribution < 1.29 is 4.74 Å². The number of hydrogen-bond acceptors (Lipinski definition) is 2. The van der Waals surface area contributed by atoms with Crippen molar-refractivity contribution in [1.29, 1.82) is 0 Å². The van der Waals surface area contributed by atoms with Gasteiger partial charge in [0, 0.05) is 12.6 Å². The highest BCUT2D eigenvalue weighted by molar-refractivity contribution is 4.80. The van der Waals surface area contributed by atoms with E-state index in [-0.39, 0.29) is 0 Å². The van der Waals surface area contributed by atoms with E-state index in [4.69, 9.17) is 4.74 Å². The Morgan fingerprint density at radius 1 is 0.810 bits per heavy atom. The van der Waals surface area contributed by atoms with Crippen LogP contribution >= 0.6 is 0 Å². The molecular weight excluding hydrogens is 258 g/mol. The number of rotatable bonds is 13. The Hall–Kier alpha value is -0.0800. The van der Waals surface area contributed by atoms with E-state index in [1.54, 1.807) is 0 Å². The molecule has 0 spiro atoms. The van der Waals surface area contributed by atoms with Crippen LogP contribution in [0.4, 0.5) is 0 Å². The predicted octanol–water partition coefficient (Wildman–Crippen LogP) is 5.45. The molecule has 2 atom stereocenters. The molecule has 0 bridgehead atoms. The molecule has 0 heterocycles. The van der Waals surface area contributed by atoms with Crippen LogP contribution in [0.5, 0.6) is 0 Å². The Bertz CT molecular complexity index is 220. The molecular formula is C19H39NO. The fourth-order valence-corrected chi connectivity index (χ4v) is 3.45. The minimum atomic E-state index is 0.474. The summed E-state index contributed by atoms with van der Waals surface area (Å²) in [6.45, 7) is 3.26. The summed E-state index contributed by atoms with van der Waals surface area (Å²) in [6, 6.07) is 0.599. The molecule has 0 aromatic heterocycles. The Morgan fingerprint density at radius 2 is 1.38 bits per heavy atom. The summed E-state index contributed by atoms with van der Waals surface area (Å²) in [5.74, 6) is 0. The highest BCUT2D eigenvalue weighted by atomic mass is 16.5. The van der Waals surface area contributed by atoms with Gasteiger partial charge in [-0.1, -0.05) is 77.6 Å². The monoisotopic (exact) mass is 297 g/mol. The molecule has 2 heteroatoms. The summed E-state index contributed by atoms with van der Waals surface area (Å²) >= 11 is 0. The number of hydrogen-bond donors (Lipinski definition) is 1. The van der Waals surface area contributed by atoms with Crippen LogP contribution in [0.15, 0.2) is 0 Å². The average Bonchev–Trinajstić information content (AvgIpc) is 2.53. The van der Waals surface area contributed by atoms with Crippen molar-refractivity contribution in [2.24, 2.45) is 0 Å². The van der Waals surface area contributed by atoms with Crippen molar-refractivity contribution >= 4 is 0 Å². The highest BCUT2D eigenvalue weighted by Crippen LogP contribution is 2.21. The normalized spacial score (nSPS) is 22.6. The molecule has 1 rings (SSSR count). The molecule has 126 valence electrons. The number of unbranched alkanes of at least 4 members (excludes halogenated alkanes) is 9. The van der Waals surface area contributed by atoms with Gasteiger partial charge in [-0.3, -0.25) is 0 Å². The van der Waals surface area contributed by atoms with Gasteiger partial charge in [0.2, 0.25) is 0 Å². The second-order valence-corrected chi connectivity index (χ2v) is 6.77. The molecule has 1 fully saturated rings. The SMILES string of the molecule is CCCCCCCCCCCCOC1CCCCC1NC. The molecule has 1 saturated carbocycles. The summed E-state index contributed by atoms with van der Waals surface area (Å²) in [5.41, 5.74) is 0. The Labute approximate surface area is 133 Å². The zero-order chi connectivity index (χ0) is 15.2. The van der Waals surface area contributed by atoms with Crippen molar-refractivity contribution in [1.82, 2.24) is 5.32 Å². The van der Waals surface area contributed by atoms with E-state index in [2.05, 4.69) is 19.3 Å². The van der Waals surface area contributed by atoms with Crippen molar-refractivity contribution in [2.75, 3.05) is 13.7 Å². The van der Waals surface area contributed by atoms with Crippen LogP contribution in [-0.4, -0.2) is 25.8 Å². The quantitative estimate of drug-likeness (QED) is 0.456. The Morgan fingerprint density at radius 3 is 2.00 bits per heavy atom. The largest absolute Gasteiger partial charge is 0.377 e. The fourth-order valence-electron chi connectivity index (χ4n) is 3.45. The number of ether oxygens (including phenoxy) is 1. The lowest BCUT2D eigenvalue weighted by Gasteiger charge is -2.31. The van der Waals surface area contributed by atoms with Crippen LogP contribution in [0.1, 0.15) is 96.8 Å². The van der Waals surface area contributed by atoms with E-state index >= 15 is 0 Å². The predicted molar refractivity (Wildman–Crippen MR) is 92.9 cm³/mol. The minimum absolute atomic E-state index is 0.474. The molecule has 0 aromatic carbocycles. The standard InChI is InChI=1S/C19H39NO/c1-3-4-5-6-7-8-9-10-11-14-17-21-19-16-13-12-15-18(19)20-2/h18-20H,3-17H2,1-2H3. The second kappa shape index (κ2) is 13.6. The first-order valence-electron chi connectivity index (χ1n) is 9.67. The van der Waals surface area contributed by atoms with Crippen LogP contribution in [0.25, 0.3) is 0 Å². The second-order valence-electron chi connectivity index (χ2n) is 6.77. The van der Waals surface area contributed by atoms with E-state index < -0.39 is 0 Å². The zero-order valence-corrected chi connectivity index (χ0v) is 14.7. The van der Waals surface area contributed by atoms with Crippen LogP contribution in [0, 0.1) is 0 Å². The first kappa shape index (κ1) is 19.0. The summed E-state index contributed by atoms with van der Waals surface area (Å²) in [4.78, 5) is 0. The minimum Gasteiger partial charge on any atom is -0.377 e. The van der Waals surface area contributed by atoms with Crippen LogP contribution in [-0.2, 0) is 4.74 Å². The summed E-state index contributed by atoms with van der Waals surface area (Å²) < 4.78 is 6.10. The zero-order valence-electron chi connectivity index (χ0n) is 14.7. The Kier molecular flexibility index (Phi) is 12.3. The molecule has 1 N–H and O–H groups in total. The molecule has 1 aliphatic carbocycles. The van der Waals surface area contributed by atoms with E-state index in [0.717, 1.165) is 6.61 Å². The van der Waals surface area contributed by atoms with E-state index in [1.807, 2.05) is 0 Å². The van der Waals surface area contributed by atoms with Crippen molar-refractivity contribution in [3.05, 3.63) is 0 Å². The van der Waals surface area contributed by atoms with Crippen LogP contribution < -0.4 is 5.32 Å². The lowest BCUT2D eigenvalue weighted by molar-refractivity contribution is 0.00531. The molecule has 0 saturated heterocycles. The van der Waals surface area contributed by atoms with Gasteiger partial charge < -0.3 is 10.1 Å². The van der Waals surface area contributed by atoms with Crippen LogP contribution in [0.2, 0.25) is 0 Å². The lowest BCUT2D eigenvalue weighted by atomic mass is 9.92. The van der Waals surface area contributed by atoms with Gasteiger partial charge in [0.1, 0.15) is 0 Å². The smallest absolute Gasteiger partial charge is 0.0727 e. The first-order chi connectivity index (χ1) is 10.4. The van der Waals surface area contributed by atoms with Gasteiger partial charge in [0.15, 0.2) is 0 Å². The maximum absolute atomic E-state index is 6.10. The lowest BCUT2D eigenvalue weighted by Crippen LogP contribution is -2.41. The highest BCUT2D eigenvalue weighted by Gasteiger charge is 2.23. The van der Waals surface area contributed by atoms with E-state index in [9.17, 15) is 0 Å². The molecule has 1 aliphatic rings. The number of nitrogens with one attached hydrogen (secondary N) is 1. The summed E-state index contributed by atoms with van der Waals surface area (Å²) in [5, 5.41) is 3.42. The van der Waals surface area contributed by atoms with Gasteiger partial charge in [0.25, 0.3) is 0 Å². The molecule has 2 unspecified atom stereocenters. The Balaban J connectivity index is 1.83. The van der Waals surface area contributed by atoms with Crippen molar-refractivity contribution in [2.45, 2.75) is 109 Å². The first-order valence-corrected chi connectivity index (χ1v) is 9.67. The van der Waals surface area contributed by atoms with Gasteiger partial charge in [-0.25, -0.2) is 0 Å². The number of likely N-dealkylation sites (N-methyl/N-ethyl adjacent to an activating group) is 1.